The molecule has 6 heteroatoms. The number of carboxylic acid groups (broad SMARTS) is 1. The van der Waals surface area contributed by atoms with E-state index in [-0.39, 0.29) is 22.9 Å². The van der Waals surface area contributed by atoms with Crippen molar-refractivity contribution in [1.82, 2.24) is 0 Å². The maximum Gasteiger partial charge on any atom is 0.412 e. The molecule has 0 saturated carbocycles. The third kappa shape index (κ3) is 3.77. The predicted octanol–water partition coefficient (Wildman–Crippen LogP) is 4.10. The molecule has 0 radical (unpaired) electrons. The van der Waals surface area contributed by atoms with Gasteiger partial charge in [0.25, 0.3) is 0 Å². The molecule has 22 heavy (non-hydrogen) atoms. The second-order valence-electron chi connectivity index (χ2n) is 4.59. The number of amides is 1. The number of hydrogen-bond donors (Lipinski definition) is 2. The van der Waals surface area contributed by atoms with Crippen LogP contribution in [0.2, 0.25) is 5.02 Å². The van der Waals surface area contributed by atoms with E-state index in [0.29, 0.717) is 5.56 Å². The Hall–Kier alpha value is -2.53. The highest BCUT2D eigenvalue weighted by atomic mass is 35.5. The van der Waals surface area contributed by atoms with Crippen LogP contribution in [0.4, 0.5) is 10.5 Å². The van der Waals surface area contributed by atoms with Crippen LogP contribution in [0.25, 0.3) is 0 Å². The van der Waals surface area contributed by atoms with Gasteiger partial charge in [0.2, 0.25) is 0 Å². The number of nitrogens with one attached hydrogen (secondary N) is 1. The minimum Gasteiger partial charge on any atom is -0.478 e. The highest BCUT2D eigenvalue weighted by Gasteiger charge is 2.16. The number of carbonyl (C=O) groups is 2. The van der Waals surface area contributed by atoms with Gasteiger partial charge in [-0.25, -0.2) is 9.59 Å². The predicted molar refractivity (Wildman–Crippen MR) is 83.4 cm³/mol. The molecule has 0 heterocycles. The van der Waals surface area contributed by atoms with E-state index >= 15 is 0 Å². The Labute approximate surface area is 132 Å². The van der Waals surface area contributed by atoms with Crippen molar-refractivity contribution in [1.29, 1.82) is 0 Å². The molecule has 114 valence electrons. The molecular weight excluding hydrogens is 306 g/mol. The number of ether oxygens (including phenoxy) is 1. The zero-order chi connectivity index (χ0) is 16.1. The summed E-state index contributed by atoms with van der Waals surface area (Å²) in [6.07, 6.45) is -0.698. The molecule has 0 atom stereocenters. The lowest BCUT2D eigenvalue weighted by Crippen LogP contribution is -2.15. The molecule has 0 fully saturated rings. The van der Waals surface area contributed by atoms with Crippen molar-refractivity contribution in [3.8, 4) is 0 Å². The van der Waals surface area contributed by atoms with Gasteiger partial charge in [-0.15, -0.1) is 0 Å². The summed E-state index contributed by atoms with van der Waals surface area (Å²) < 4.78 is 5.09. The first kappa shape index (κ1) is 15.9. The Morgan fingerprint density at radius 2 is 1.86 bits per heavy atom. The molecule has 0 aliphatic carbocycles. The number of rotatable bonds is 4. The van der Waals surface area contributed by atoms with Crippen molar-refractivity contribution >= 4 is 29.4 Å². The largest absolute Gasteiger partial charge is 0.478 e. The van der Waals surface area contributed by atoms with E-state index in [0.717, 1.165) is 5.56 Å². The van der Waals surface area contributed by atoms with E-state index < -0.39 is 12.1 Å². The zero-order valence-electron chi connectivity index (χ0n) is 11.8. The van der Waals surface area contributed by atoms with Gasteiger partial charge in [0.05, 0.1) is 16.3 Å². The first-order valence-corrected chi connectivity index (χ1v) is 6.87. The van der Waals surface area contributed by atoms with Crippen molar-refractivity contribution in [2.45, 2.75) is 13.5 Å². The van der Waals surface area contributed by atoms with E-state index in [1.165, 1.54) is 12.1 Å². The fraction of sp³-hybridized carbons (Fsp3) is 0.125. The lowest BCUT2D eigenvalue weighted by atomic mass is 10.1. The average molecular weight is 320 g/mol. The van der Waals surface area contributed by atoms with Gasteiger partial charge in [-0.3, -0.25) is 5.32 Å². The molecule has 0 bridgehead atoms. The Kier molecular flexibility index (Phi) is 5.01. The molecule has 1 amide bonds. The monoisotopic (exact) mass is 319 g/mol. The van der Waals surface area contributed by atoms with Crippen LogP contribution >= 0.6 is 11.6 Å². The summed E-state index contributed by atoms with van der Waals surface area (Å²) in [5, 5.41) is 11.8. The van der Waals surface area contributed by atoms with Gasteiger partial charge in [-0.05, 0) is 30.2 Å². The lowest BCUT2D eigenvalue weighted by molar-refractivity contribution is 0.0696. The molecule has 2 aromatic carbocycles. The molecule has 5 nitrogen and oxygen atoms in total. The van der Waals surface area contributed by atoms with Gasteiger partial charge in [-0.2, -0.15) is 0 Å². The van der Waals surface area contributed by atoms with Crippen molar-refractivity contribution < 1.29 is 19.4 Å². The van der Waals surface area contributed by atoms with E-state index in [2.05, 4.69) is 5.32 Å². The maximum atomic E-state index is 11.8. The van der Waals surface area contributed by atoms with E-state index in [1.807, 2.05) is 30.3 Å². The van der Waals surface area contributed by atoms with Crippen LogP contribution in [0.15, 0.2) is 42.5 Å². The Bertz CT molecular complexity index is 701. The summed E-state index contributed by atoms with van der Waals surface area (Å²) >= 11 is 6.00. The Balaban J connectivity index is 2.08. The summed E-state index contributed by atoms with van der Waals surface area (Å²) in [5.74, 6) is -1.09. The fourth-order valence-corrected chi connectivity index (χ4v) is 2.18. The number of halogens is 1. The SMILES string of the molecule is Cc1c(C(=O)O)ccc(Cl)c1NC(=O)OCc1ccccc1. The number of anilines is 1. The summed E-state index contributed by atoms with van der Waals surface area (Å²) in [5.41, 5.74) is 1.53. The van der Waals surface area contributed by atoms with Gasteiger partial charge in [0, 0.05) is 0 Å². The van der Waals surface area contributed by atoms with Crippen molar-refractivity contribution in [2.24, 2.45) is 0 Å². The van der Waals surface area contributed by atoms with Crippen LogP contribution in [-0.2, 0) is 11.3 Å². The standard InChI is InChI=1S/C16H14ClNO4/c1-10-12(15(19)20)7-8-13(17)14(10)18-16(21)22-9-11-5-3-2-4-6-11/h2-8H,9H2,1H3,(H,18,21)(H,19,20). The quantitative estimate of drug-likeness (QED) is 0.889. The molecule has 2 rings (SSSR count). The lowest BCUT2D eigenvalue weighted by Gasteiger charge is -2.12. The molecular formula is C16H14ClNO4. The maximum absolute atomic E-state index is 11.8. The van der Waals surface area contributed by atoms with Crippen LogP contribution in [0.1, 0.15) is 21.5 Å². The smallest absolute Gasteiger partial charge is 0.412 e. The molecule has 2 aromatic rings. The summed E-state index contributed by atoms with van der Waals surface area (Å²) in [6.45, 7) is 1.68. The van der Waals surface area contributed by atoms with E-state index in [9.17, 15) is 9.59 Å². The topological polar surface area (TPSA) is 75.6 Å². The van der Waals surface area contributed by atoms with Crippen LogP contribution < -0.4 is 5.32 Å². The van der Waals surface area contributed by atoms with Crippen LogP contribution in [0.3, 0.4) is 0 Å². The van der Waals surface area contributed by atoms with E-state index in [1.54, 1.807) is 6.92 Å². The zero-order valence-corrected chi connectivity index (χ0v) is 12.6. The van der Waals surface area contributed by atoms with E-state index in [4.69, 9.17) is 21.4 Å². The van der Waals surface area contributed by atoms with Crippen LogP contribution in [-0.4, -0.2) is 17.2 Å². The summed E-state index contributed by atoms with van der Waals surface area (Å²) in [7, 11) is 0. The van der Waals surface area contributed by atoms with Crippen molar-refractivity contribution in [3.05, 3.63) is 64.2 Å². The number of carboxylic acids is 1. The molecule has 0 aromatic heterocycles. The van der Waals surface area contributed by atoms with Gasteiger partial charge in [0.1, 0.15) is 6.61 Å². The highest BCUT2D eigenvalue weighted by molar-refractivity contribution is 6.34. The third-order valence-electron chi connectivity index (χ3n) is 3.08. The molecule has 0 spiro atoms. The molecule has 2 N–H and O–H groups in total. The van der Waals surface area contributed by atoms with Crippen molar-refractivity contribution in [2.75, 3.05) is 5.32 Å². The molecule has 0 saturated heterocycles. The van der Waals surface area contributed by atoms with Gasteiger partial charge < -0.3 is 9.84 Å². The second kappa shape index (κ2) is 6.95. The number of hydrogen-bond acceptors (Lipinski definition) is 3. The van der Waals surface area contributed by atoms with Crippen LogP contribution in [0.5, 0.6) is 0 Å². The van der Waals surface area contributed by atoms with Gasteiger partial charge in [0.15, 0.2) is 0 Å². The van der Waals surface area contributed by atoms with Crippen LogP contribution in [0, 0.1) is 6.92 Å². The minimum atomic E-state index is -1.09. The number of carbonyl (C=O) groups excluding carboxylic acids is 1. The Morgan fingerprint density at radius 1 is 1.18 bits per heavy atom. The van der Waals surface area contributed by atoms with Gasteiger partial charge in [-0.1, -0.05) is 41.9 Å². The molecule has 0 aliphatic rings. The highest BCUT2D eigenvalue weighted by Crippen LogP contribution is 2.28. The first-order chi connectivity index (χ1) is 10.5. The Morgan fingerprint density at radius 3 is 2.50 bits per heavy atom. The van der Waals surface area contributed by atoms with Crippen molar-refractivity contribution in [3.63, 3.8) is 0 Å². The summed E-state index contributed by atoms with van der Waals surface area (Å²) in [4.78, 5) is 22.9. The third-order valence-corrected chi connectivity index (χ3v) is 3.40. The fourth-order valence-electron chi connectivity index (χ4n) is 1.93. The van der Waals surface area contributed by atoms with Gasteiger partial charge >= 0.3 is 12.1 Å². The average Bonchev–Trinajstić information content (AvgIpc) is 2.50. The summed E-state index contributed by atoms with van der Waals surface area (Å²) in [6, 6.07) is 12.0. The molecule has 0 unspecified atom stereocenters. The number of aromatic carboxylic acids is 1. The minimum absolute atomic E-state index is 0.0720. The first-order valence-electron chi connectivity index (χ1n) is 6.49. The second-order valence-corrected chi connectivity index (χ2v) is 4.99. The molecule has 0 aliphatic heterocycles. The number of benzene rings is 2. The normalized spacial score (nSPS) is 10.1.